The van der Waals surface area contributed by atoms with Crippen LogP contribution in [0.2, 0.25) is 5.02 Å². The van der Waals surface area contributed by atoms with Crippen molar-refractivity contribution in [1.82, 2.24) is 15.0 Å². The van der Waals surface area contributed by atoms with Crippen LogP contribution in [-0.4, -0.2) is 22.0 Å². The normalized spacial score (nSPS) is 10.9. The molecule has 0 saturated carbocycles. The van der Waals surface area contributed by atoms with Gasteiger partial charge in [-0.1, -0.05) is 30.7 Å². The molecular weight excluding hydrogens is 236 g/mol. The summed E-state index contributed by atoms with van der Waals surface area (Å²) in [6.07, 6.45) is 1.78. The minimum Gasteiger partial charge on any atom is -0.386 e. The zero-order chi connectivity index (χ0) is 12.4. The van der Waals surface area contributed by atoms with E-state index in [4.69, 9.17) is 11.6 Å². The topological polar surface area (TPSA) is 42.7 Å². The van der Waals surface area contributed by atoms with Crippen LogP contribution in [0.4, 0.5) is 5.69 Å². The smallest absolute Gasteiger partial charge is 0.0912 e. The lowest BCUT2D eigenvalue weighted by atomic mass is 10.1. The summed E-state index contributed by atoms with van der Waals surface area (Å²) in [6.45, 7) is 4.22. The van der Waals surface area contributed by atoms with Gasteiger partial charge in [0.05, 0.1) is 23.3 Å². The molecule has 1 N–H and O–H groups in total. The van der Waals surface area contributed by atoms with Crippen molar-refractivity contribution in [3.8, 4) is 5.69 Å². The summed E-state index contributed by atoms with van der Waals surface area (Å²) in [4.78, 5) is 0. The SMILES string of the molecule is CNc1ccc(Cl)cc1-n1nncc1C(C)C. The highest BCUT2D eigenvalue weighted by Crippen LogP contribution is 2.26. The van der Waals surface area contributed by atoms with Gasteiger partial charge in [0.25, 0.3) is 0 Å². The highest BCUT2D eigenvalue weighted by Gasteiger charge is 2.13. The van der Waals surface area contributed by atoms with Gasteiger partial charge in [0.15, 0.2) is 0 Å². The van der Waals surface area contributed by atoms with Crippen LogP contribution in [0, 0.1) is 0 Å². The largest absolute Gasteiger partial charge is 0.386 e. The van der Waals surface area contributed by atoms with E-state index in [1.807, 2.05) is 29.9 Å². The molecule has 0 atom stereocenters. The zero-order valence-corrected chi connectivity index (χ0v) is 10.9. The minimum absolute atomic E-state index is 0.355. The Hall–Kier alpha value is -1.55. The fourth-order valence-corrected chi connectivity index (χ4v) is 1.88. The van der Waals surface area contributed by atoms with Crippen molar-refractivity contribution in [2.24, 2.45) is 0 Å². The van der Waals surface area contributed by atoms with E-state index in [1.165, 1.54) is 0 Å². The third kappa shape index (κ3) is 2.26. The van der Waals surface area contributed by atoms with E-state index in [1.54, 1.807) is 6.20 Å². The molecule has 0 bridgehead atoms. The monoisotopic (exact) mass is 250 g/mol. The second kappa shape index (κ2) is 4.75. The Morgan fingerprint density at radius 3 is 2.76 bits per heavy atom. The van der Waals surface area contributed by atoms with E-state index >= 15 is 0 Å². The van der Waals surface area contributed by atoms with Gasteiger partial charge in [-0.05, 0) is 24.1 Å². The van der Waals surface area contributed by atoms with Crippen LogP contribution < -0.4 is 5.32 Å². The Bertz CT molecular complexity index is 519. The molecule has 2 aromatic rings. The van der Waals surface area contributed by atoms with Crippen LogP contribution >= 0.6 is 11.6 Å². The van der Waals surface area contributed by atoms with E-state index < -0.39 is 0 Å². The average molecular weight is 251 g/mol. The van der Waals surface area contributed by atoms with Gasteiger partial charge < -0.3 is 5.32 Å². The first-order valence-electron chi connectivity index (χ1n) is 5.51. The summed E-state index contributed by atoms with van der Waals surface area (Å²) in [6, 6.07) is 5.67. The summed E-state index contributed by atoms with van der Waals surface area (Å²) in [7, 11) is 1.87. The molecular formula is C12H15ClN4. The van der Waals surface area contributed by atoms with E-state index in [0.29, 0.717) is 10.9 Å². The summed E-state index contributed by atoms with van der Waals surface area (Å²) in [5.74, 6) is 0.355. The molecule has 2 rings (SSSR count). The molecule has 0 fully saturated rings. The summed E-state index contributed by atoms with van der Waals surface area (Å²) in [5, 5.41) is 11.9. The van der Waals surface area contributed by atoms with Gasteiger partial charge in [0.2, 0.25) is 0 Å². The number of hydrogen-bond donors (Lipinski definition) is 1. The maximum absolute atomic E-state index is 6.03. The lowest BCUT2D eigenvalue weighted by Crippen LogP contribution is -2.06. The number of halogens is 1. The molecule has 0 spiro atoms. The van der Waals surface area contributed by atoms with Crippen molar-refractivity contribution in [1.29, 1.82) is 0 Å². The Morgan fingerprint density at radius 1 is 1.35 bits per heavy atom. The highest BCUT2D eigenvalue weighted by atomic mass is 35.5. The van der Waals surface area contributed by atoms with Crippen LogP contribution in [-0.2, 0) is 0 Å². The van der Waals surface area contributed by atoms with Crippen molar-refractivity contribution in [2.45, 2.75) is 19.8 Å². The van der Waals surface area contributed by atoms with E-state index in [0.717, 1.165) is 17.1 Å². The summed E-state index contributed by atoms with van der Waals surface area (Å²) in [5.41, 5.74) is 2.95. The van der Waals surface area contributed by atoms with Crippen LogP contribution in [0.5, 0.6) is 0 Å². The maximum atomic E-state index is 6.03. The maximum Gasteiger partial charge on any atom is 0.0912 e. The van der Waals surface area contributed by atoms with Gasteiger partial charge in [-0.15, -0.1) is 5.10 Å². The van der Waals surface area contributed by atoms with Gasteiger partial charge in [0.1, 0.15) is 0 Å². The van der Waals surface area contributed by atoms with Crippen molar-refractivity contribution >= 4 is 17.3 Å². The van der Waals surface area contributed by atoms with Crippen LogP contribution in [0.15, 0.2) is 24.4 Å². The molecule has 1 aromatic heterocycles. The van der Waals surface area contributed by atoms with Crippen LogP contribution in [0.1, 0.15) is 25.5 Å². The van der Waals surface area contributed by atoms with E-state index in [2.05, 4.69) is 29.5 Å². The van der Waals surface area contributed by atoms with E-state index in [9.17, 15) is 0 Å². The first-order valence-corrected chi connectivity index (χ1v) is 5.89. The quantitative estimate of drug-likeness (QED) is 0.910. The molecule has 4 nitrogen and oxygen atoms in total. The molecule has 0 aliphatic rings. The molecule has 90 valence electrons. The number of rotatable bonds is 3. The van der Waals surface area contributed by atoms with Gasteiger partial charge in [-0.3, -0.25) is 0 Å². The number of nitrogens with zero attached hydrogens (tertiary/aromatic N) is 3. The minimum atomic E-state index is 0.355. The Kier molecular flexibility index (Phi) is 3.33. The Balaban J connectivity index is 2.59. The molecule has 0 amide bonds. The molecule has 0 aliphatic carbocycles. The van der Waals surface area contributed by atoms with Crippen LogP contribution in [0.3, 0.4) is 0 Å². The average Bonchev–Trinajstić information content (AvgIpc) is 2.77. The number of anilines is 1. The number of nitrogens with one attached hydrogen (secondary N) is 1. The molecule has 0 saturated heterocycles. The lowest BCUT2D eigenvalue weighted by Gasteiger charge is -2.13. The predicted molar refractivity (Wildman–Crippen MR) is 70.0 cm³/mol. The highest BCUT2D eigenvalue weighted by molar-refractivity contribution is 6.30. The molecule has 5 heteroatoms. The third-order valence-electron chi connectivity index (χ3n) is 2.62. The van der Waals surface area contributed by atoms with Gasteiger partial charge in [-0.25, -0.2) is 4.68 Å². The Labute approximate surface area is 106 Å². The Morgan fingerprint density at radius 2 is 2.12 bits per heavy atom. The first kappa shape index (κ1) is 11.9. The summed E-state index contributed by atoms with van der Waals surface area (Å²) < 4.78 is 1.82. The second-order valence-electron chi connectivity index (χ2n) is 4.14. The molecule has 0 unspecified atom stereocenters. The van der Waals surface area contributed by atoms with Crippen LogP contribution in [0.25, 0.3) is 5.69 Å². The lowest BCUT2D eigenvalue weighted by molar-refractivity contribution is 0.716. The standard InChI is InChI=1S/C12H15ClN4/c1-8(2)12-7-15-16-17(12)11-6-9(13)4-5-10(11)14-3/h4-8,14H,1-3H3. The fourth-order valence-electron chi connectivity index (χ4n) is 1.72. The van der Waals surface area contributed by atoms with Crippen molar-refractivity contribution in [3.63, 3.8) is 0 Å². The zero-order valence-electron chi connectivity index (χ0n) is 10.1. The van der Waals surface area contributed by atoms with E-state index in [-0.39, 0.29) is 0 Å². The molecule has 0 aliphatic heterocycles. The number of aromatic nitrogens is 3. The van der Waals surface area contributed by atoms with Crippen molar-refractivity contribution in [3.05, 3.63) is 35.1 Å². The van der Waals surface area contributed by atoms with Gasteiger partial charge in [-0.2, -0.15) is 0 Å². The predicted octanol–water partition coefficient (Wildman–Crippen LogP) is 3.09. The van der Waals surface area contributed by atoms with Crippen molar-refractivity contribution in [2.75, 3.05) is 12.4 Å². The molecule has 17 heavy (non-hydrogen) atoms. The molecule has 1 aromatic carbocycles. The van der Waals surface area contributed by atoms with Gasteiger partial charge in [0, 0.05) is 12.1 Å². The number of benzene rings is 1. The van der Waals surface area contributed by atoms with Gasteiger partial charge >= 0.3 is 0 Å². The second-order valence-corrected chi connectivity index (χ2v) is 4.57. The molecule has 1 heterocycles. The molecule has 0 radical (unpaired) electrons. The first-order chi connectivity index (χ1) is 8.13. The number of hydrogen-bond acceptors (Lipinski definition) is 3. The third-order valence-corrected chi connectivity index (χ3v) is 2.86. The fraction of sp³-hybridized carbons (Fsp3) is 0.333. The summed E-state index contributed by atoms with van der Waals surface area (Å²) >= 11 is 6.03. The van der Waals surface area contributed by atoms with Crippen molar-refractivity contribution < 1.29 is 0 Å².